The van der Waals surface area contributed by atoms with Crippen LogP contribution < -0.4 is 5.32 Å². The van der Waals surface area contributed by atoms with Crippen LogP contribution in [0.1, 0.15) is 34.9 Å². The molecular formula is C9H11ClN2O3. The molecule has 6 heteroatoms. The van der Waals surface area contributed by atoms with Gasteiger partial charge in [-0.15, -0.1) is 0 Å². The third-order valence-electron chi connectivity index (χ3n) is 2.60. The first-order valence-corrected chi connectivity index (χ1v) is 5.17. The minimum Gasteiger partial charge on any atom is -0.477 e. The molecule has 0 unspecified atom stereocenters. The minimum absolute atomic E-state index is 0.0172. The second kappa shape index (κ2) is 4.20. The van der Waals surface area contributed by atoms with Crippen LogP contribution in [0.15, 0.2) is 4.52 Å². The fourth-order valence-electron chi connectivity index (χ4n) is 1.84. The number of nitrogens with zero attached hydrogens (tertiary/aromatic N) is 1. The highest BCUT2D eigenvalue weighted by atomic mass is 35.5. The van der Waals surface area contributed by atoms with Gasteiger partial charge in [-0.05, 0) is 25.9 Å². The largest absolute Gasteiger partial charge is 0.477 e. The van der Waals surface area contributed by atoms with E-state index in [1.165, 1.54) is 0 Å². The lowest BCUT2D eigenvalue weighted by atomic mass is 9.93. The molecule has 0 radical (unpaired) electrons. The van der Waals surface area contributed by atoms with E-state index in [0.717, 1.165) is 25.9 Å². The van der Waals surface area contributed by atoms with Gasteiger partial charge in [-0.25, -0.2) is 4.79 Å². The molecule has 1 aliphatic rings. The number of halogens is 1. The van der Waals surface area contributed by atoms with Gasteiger partial charge in [-0.2, -0.15) is 0 Å². The molecular weight excluding hydrogens is 220 g/mol. The number of aromatic nitrogens is 1. The molecule has 1 fully saturated rings. The number of piperidine rings is 1. The van der Waals surface area contributed by atoms with Gasteiger partial charge in [0, 0.05) is 5.92 Å². The number of hydrogen-bond donors (Lipinski definition) is 2. The van der Waals surface area contributed by atoms with Crippen LogP contribution in [-0.2, 0) is 0 Å². The van der Waals surface area contributed by atoms with Crippen LogP contribution in [0.25, 0.3) is 0 Å². The van der Waals surface area contributed by atoms with Gasteiger partial charge in [0.05, 0.1) is 0 Å². The number of carboxylic acids is 1. The summed E-state index contributed by atoms with van der Waals surface area (Å²) in [6.45, 7) is 1.73. The van der Waals surface area contributed by atoms with Gasteiger partial charge in [0.15, 0.2) is 10.9 Å². The fraction of sp³-hybridized carbons (Fsp3) is 0.556. The number of nitrogens with one attached hydrogen (secondary N) is 1. The summed E-state index contributed by atoms with van der Waals surface area (Å²) in [6, 6.07) is 0. The summed E-state index contributed by atoms with van der Waals surface area (Å²) in [4.78, 5) is 10.9. The normalized spacial score (nSPS) is 17.9. The van der Waals surface area contributed by atoms with Crippen LogP contribution in [-0.4, -0.2) is 29.3 Å². The summed E-state index contributed by atoms with van der Waals surface area (Å²) < 4.78 is 5.01. The Morgan fingerprint density at radius 2 is 2.20 bits per heavy atom. The fourth-order valence-corrected chi connectivity index (χ4v) is 2.05. The van der Waals surface area contributed by atoms with Gasteiger partial charge in [0.25, 0.3) is 0 Å². The highest BCUT2D eigenvalue weighted by Crippen LogP contribution is 2.31. The van der Waals surface area contributed by atoms with E-state index in [4.69, 9.17) is 21.2 Å². The quantitative estimate of drug-likeness (QED) is 0.805. The van der Waals surface area contributed by atoms with E-state index in [2.05, 4.69) is 10.5 Å². The zero-order valence-electron chi connectivity index (χ0n) is 7.99. The van der Waals surface area contributed by atoms with Crippen LogP contribution in [0.4, 0.5) is 0 Å². The van der Waals surface area contributed by atoms with Gasteiger partial charge in [-0.1, -0.05) is 16.8 Å². The maximum atomic E-state index is 10.9. The number of hydrogen-bond acceptors (Lipinski definition) is 4. The highest BCUT2D eigenvalue weighted by Gasteiger charge is 2.28. The lowest BCUT2D eigenvalue weighted by molar-refractivity contribution is 0.0693. The zero-order chi connectivity index (χ0) is 10.8. The van der Waals surface area contributed by atoms with E-state index in [-0.39, 0.29) is 16.6 Å². The Morgan fingerprint density at radius 1 is 1.53 bits per heavy atom. The summed E-state index contributed by atoms with van der Waals surface area (Å²) in [6.07, 6.45) is 1.71. The van der Waals surface area contributed by atoms with E-state index in [0.29, 0.717) is 5.76 Å². The summed E-state index contributed by atoms with van der Waals surface area (Å²) >= 11 is 5.66. The van der Waals surface area contributed by atoms with E-state index in [9.17, 15) is 4.79 Å². The molecule has 2 heterocycles. The molecule has 0 amide bonds. The van der Waals surface area contributed by atoms with Gasteiger partial charge >= 0.3 is 5.97 Å². The van der Waals surface area contributed by atoms with Crippen LogP contribution in [0.5, 0.6) is 0 Å². The lowest BCUT2D eigenvalue weighted by Gasteiger charge is -2.20. The van der Waals surface area contributed by atoms with Crippen molar-refractivity contribution in [3.05, 3.63) is 16.5 Å². The van der Waals surface area contributed by atoms with Crippen molar-refractivity contribution in [3.63, 3.8) is 0 Å². The molecule has 0 atom stereocenters. The van der Waals surface area contributed by atoms with E-state index >= 15 is 0 Å². The Hall–Kier alpha value is -1.07. The minimum atomic E-state index is -1.07. The standard InChI is InChI=1S/C9H11ClN2O3/c10-8-6(9(13)14)7(15-12-8)5-1-3-11-4-2-5/h5,11H,1-4H2,(H,13,14). The van der Waals surface area contributed by atoms with Crippen molar-refractivity contribution in [2.24, 2.45) is 0 Å². The van der Waals surface area contributed by atoms with Crippen molar-refractivity contribution in [2.75, 3.05) is 13.1 Å². The van der Waals surface area contributed by atoms with E-state index in [1.54, 1.807) is 0 Å². The Labute approximate surface area is 91.4 Å². The molecule has 1 saturated heterocycles. The molecule has 0 aromatic carbocycles. The number of aromatic carboxylic acids is 1. The predicted octanol–water partition coefficient (Wildman–Crippen LogP) is 1.49. The van der Waals surface area contributed by atoms with Crippen molar-refractivity contribution >= 4 is 17.6 Å². The summed E-state index contributed by atoms with van der Waals surface area (Å²) in [7, 11) is 0. The second-order valence-electron chi connectivity index (χ2n) is 3.54. The maximum Gasteiger partial charge on any atom is 0.342 e. The summed E-state index contributed by atoms with van der Waals surface area (Å²) in [5.74, 6) is -0.555. The highest BCUT2D eigenvalue weighted by molar-refractivity contribution is 6.32. The summed E-state index contributed by atoms with van der Waals surface area (Å²) in [5.41, 5.74) is 0.0172. The summed E-state index contributed by atoms with van der Waals surface area (Å²) in [5, 5.41) is 15.6. The molecule has 2 N–H and O–H groups in total. The van der Waals surface area contributed by atoms with Crippen LogP contribution in [0.3, 0.4) is 0 Å². The first-order valence-electron chi connectivity index (χ1n) is 4.79. The van der Waals surface area contributed by atoms with Crippen LogP contribution in [0.2, 0.25) is 5.15 Å². The van der Waals surface area contributed by atoms with Gasteiger partial charge in [-0.3, -0.25) is 0 Å². The number of rotatable bonds is 2. The lowest BCUT2D eigenvalue weighted by Crippen LogP contribution is -2.27. The van der Waals surface area contributed by atoms with Gasteiger partial charge in [0.1, 0.15) is 5.56 Å². The Balaban J connectivity index is 2.30. The Kier molecular flexibility index (Phi) is 2.93. The first kappa shape index (κ1) is 10.4. The number of carboxylic acid groups (broad SMARTS) is 1. The Morgan fingerprint density at radius 3 is 2.80 bits per heavy atom. The predicted molar refractivity (Wildman–Crippen MR) is 53.3 cm³/mol. The van der Waals surface area contributed by atoms with Crippen molar-refractivity contribution in [2.45, 2.75) is 18.8 Å². The van der Waals surface area contributed by atoms with E-state index < -0.39 is 5.97 Å². The van der Waals surface area contributed by atoms with Crippen molar-refractivity contribution < 1.29 is 14.4 Å². The Bertz CT molecular complexity index is 371. The third kappa shape index (κ3) is 1.98. The van der Waals surface area contributed by atoms with Crippen molar-refractivity contribution in [1.82, 2.24) is 10.5 Å². The molecule has 0 spiro atoms. The topological polar surface area (TPSA) is 75.4 Å². The van der Waals surface area contributed by atoms with Crippen molar-refractivity contribution in [3.8, 4) is 0 Å². The maximum absolute atomic E-state index is 10.9. The molecule has 1 aromatic rings. The molecule has 1 aliphatic heterocycles. The van der Waals surface area contributed by atoms with Gasteiger partial charge in [0.2, 0.25) is 0 Å². The molecule has 1 aromatic heterocycles. The van der Waals surface area contributed by atoms with Crippen LogP contribution in [0, 0.1) is 0 Å². The molecule has 0 aliphatic carbocycles. The first-order chi connectivity index (χ1) is 7.20. The average molecular weight is 231 g/mol. The molecule has 5 nitrogen and oxygen atoms in total. The third-order valence-corrected chi connectivity index (χ3v) is 2.86. The average Bonchev–Trinajstić information content (AvgIpc) is 2.61. The number of carbonyl (C=O) groups is 1. The second-order valence-corrected chi connectivity index (χ2v) is 3.90. The molecule has 2 rings (SSSR count). The smallest absolute Gasteiger partial charge is 0.342 e. The van der Waals surface area contributed by atoms with Crippen LogP contribution >= 0.6 is 11.6 Å². The molecule has 82 valence electrons. The zero-order valence-corrected chi connectivity index (χ0v) is 8.75. The molecule has 15 heavy (non-hydrogen) atoms. The molecule has 0 saturated carbocycles. The van der Waals surface area contributed by atoms with E-state index in [1.807, 2.05) is 0 Å². The SMILES string of the molecule is O=C(O)c1c(Cl)noc1C1CCNCC1. The molecule has 0 bridgehead atoms. The van der Waals surface area contributed by atoms with Gasteiger partial charge < -0.3 is 14.9 Å². The van der Waals surface area contributed by atoms with Crippen molar-refractivity contribution in [1.29, 1.82) is 0 Å². The monoisotopic (exact) mass is 230 g/mol.